The smallest absolute Gasteiger partial charge is 0.293 e. The molecule has 5 aliphatic heterocycles. The molecule has 1 unspecified atom stereocenters. The van der Waals surface area contributed by atoms with Crippen LogP contribution in [0.3, 0.4) is 0 Å². The third-order valence-electron chi connectivity index (χ3n) is 14.2. The minimum absolute atomic E-state index is 0.0892. The van der Waals surface area contributed by atoms with E-state index in [4.69, 9.17) is 26.1 Å². The van der Waals surface area contributed by atoms with Crippen LogP contribution in [-0.2, 0) is 19.1 Å². The van der Waals surface area contributed by atoms with Crippen molar-refractivity contribution in [3.63, 3.8) is 0 Å². The Bertz CT molecular complexity index is 2710. The van der Waals surface area contributed by atoms with Crippen LogP contribution in [0.25, 0.3) is 10.9 Å². The molecule has 5 amide bonds. The highest BCUT2D eigenvalue weighted by Gasteiger charge is 2.52. The van der Waals surface area contributed by atoms with E-state index in [0.717, 1.165) is 92.9 Å². The number of likely N-dealkylation sites (tertiary alicyclic amines) is 1. The van der Waals surface area contributed by atoms with Crippen molar-refractivity contribution in [3.05, 3.63) is 75.2 Å². The first-order chi connectivity index (χ1) is 31.8. The molecule has 0 bridgehead atoms. The van der Waals surface area contributed by atoms with Crippen molar-refractivity contribution in [2.24, 2.45) is 5.41 Å². The summed E-state index contributed by atoms with van der Waals surface area (Å²) in [5.74, 6) is -1.17. The summed E-state index contributed by atoms with van der Waals surface area (Å²) in [4.78, 5) is 93.3. The van der Waals surface area contributed by atoms with Gasteiger partial charge in [-0.25, -0.2) is 4.98 Å². The molecule has 1 aliphatic carbocycles. The van der Waals surface area contributed by atoms with Gasteiger partial charge in [0, 0.05) is 87.0 Å². The molecule has 4 saturated heterocycles. The number of pyridine rings is 1. The number of imide groups is 2. The number of hydrogen-bond acceptors (Lipinski definition) is 14. The van der Waals surface area contributed by atoms with Crippen LogP contribution in [0.1, 0.15) is 85.6 Å². The molecular formula is C47H53ClN10O8. The Balaban J connectivity index is 0.689. The Kier molecular flexibility index (Phi) is 11.5. The fourth-order valence-electron chi connectivity index (χ4n) is 10.5. The Labute approximate surface area is 385 Å². The molecule has 346 valence electrons. The number of benzene rings is 2. The van der Waals surface area contributed by atoms with Crippen molar-refractivity contribution in [3.8, 4) is 5.75 Å². The molecule has 10 rings (SSSR count). The van der Waals surface area contributed by atoms with Gasteiger partial charge >= 0.3 is 0 Å². The molecule has 18 nitrogen and oxygen atoms in total. The summed E-state index contributed by atoms with van der Waals surface area (Å²) in [6.07, 6.45) is 7.07. The van der Waals surface area contributed by atoms with Crippen molar-refractivity contribution in [2.45, 2.75) is 89.1 Å². The summed E-state index contributed by atoms with van der Waals surface area (Å²) in [5, 5.41) is 9.21. The summed E-state index contributed by atoms with van der Waals surface area (Å²) in [6, 6.07) is 12.1. The predicted octanol–water partition coefficient (Wildman–Crippen LogP) is 4.02. The first-order valence-corrected chi connectivity index (χ1v) is 23.2. The second-order valence-electron chi connectivity index (χ2n) is 18.8. The van der Waals surface area contributed by atoms with Gasteiger partial charge in [-0.15, -0.1) is 0 Å². The fourth-order valence-corrected chi connectivity index (χ4v) is 10.7. The third kappa shape index (κ3) is 8.12. The van der Waals surface area contributed by atoms with Crippen molar-refractivity contribution in [1.82, 2.24) is 35.0 Å². The third-order valence-corrected chi connectivity index (χ3v) is 14.4. The Morgan fingerprint density at radius 1 is 0.924 bits per heavy atom. The van der Waals surface area contributed by atoms with Crippen molar-refractivity contribution in [2.75, 3.05) is 68.0 Å². The SMILES string of the molecule is CNC(=O)COc1cc2cc(Nc3nc(N4CCC(O[C@H]5C[C@H](N6CC7(CCN(c8ccc9c(c8)C(=O)N(C8CCC(=O)NC8=O)C9=O)C7)C6)C5)CC4)ncc3Cl)ccc2n(C(C)C)c1=O. The van der Waals surface area contributed by atoms with E-state index < -0.39 is 29.7 Å². The number of piperidine rings is 2. The largest absolute Gasteiger partial charge is 0.478 e. The number of carbonyl (C=O) groups is 5. The Morgan fingerprint density at radius 3 is 2.44 bits per heavy atom. The second kappa shape index (κ2) is 17.3. The molecule has 66 heavy (non-hydrogen) atoms. The molecule has 5 fully saturated rings. The molecule has 1 atom stereocenters. The topological polar surface area (TPSA) is 201 Å². The quantitative estimate of drug-likeness (QED) is 0.172. The fraction of sp³-hybridized carbons (Fsp3) is 0.489. The van der Waals surface area contributed by atoms with E-state index in [0.29, 0.717) is 39.6 Å². The average molecular weight is 921 g/mol. The highest BCUT2D eigenvalue weighted by Crippen LogP contribution is 2.46. The molecule has 2 aromatic carbocycles. The Hall–Kier alpha value is -6.11. The van der Waals surface area contributed by atoms with Gasteiger partial charge in [0.25, 0.3) is 23.3 Å². The number of halogens is 1. The van der Waals surface area contributed by atoms with Crippen molar-refractivity contribution < 1.29 is 33.4 Å². The van der Waals surface area contributed by atoms with Gasteiger partial charge in [0.2, 0.25) is 17.8 Å². The van der Waals surface area contributed by atoms with Crippen molar-refractivity contribution in [1.29, 1.82) is 0 Å². The van der Waals surface area contributed by atoms with E-state index in [2.05, 4.69) is 35.6 Å². The van der Waals surface area contributed by atoms with E-state index in [9.17, 15) is 28.8 Å². The molecule has 3 N–H and O–H groups in total. The highest BCUT2D eigenvalue weighted by atomic mass is 35.5. The number of aromatic nitrogens is 3. The van der Waals surface area contributed by atoms with Gasteiger partial charge in [-0.2, -0.15) is 4.98 Å². The molecule has 7 heterocycles. The molecule has 0 radical (unpaired) electrons. The molecule has 4 aromatic rings. The summed E-state index contributed by atoms with van der Waals surface area (Å²) in [5.41, 5.74) is 2.84. The lowest BCUT2D eigenvalue weighted by Gasteiger charge is -2.56. The second-order valence-corrected chi connectivity index (χ2v) is 19.2. The number of nitrogens with one attached hydrogen (secondary N) is 3. The number of ether oxygens (including phenoxy) is 2. The molecule has 1 saturated carbocycles. The number of fused-ring (bicyclic) bond motifs is 2. The van der Waals surface area contributed by atoms with Crippen LogP contribution in [0.2, 0.25) is 5.02 Å². The normalized spacial score (nSPS) is 23.0. The lowest BCUT2D eigenvalue weighted by Crippen LogP contribution is -2.64. The van der Waals surface area contributed by atoms with E-state index in [-0.39, 0.29) is 60.3 Å². The van der Waals surface area contributed by atoms with Crippen LogP contribution in [0.5, 0.6) is 5.75 Å². The molecular weight excluding hydrogens is 868 g/mol. The van der Waals surface area contributed by atoms with E-state index in [1.54, 1.807) is 29.0 Å². The molecule has 19 heteroatoms. The number of hydrogen-bond donors (Lipinski definition) is 3. The summed E-state index contributed by atoms with van der Waals surface area (Å²) in [6.45, 7) is 8.88. The Morgan fingerprint density at radius 2 is 1.70 bits per heavy atom. The molecule has 1 spiro atoms. The average Bonchev–Trinajstić information content (AvgIpc) is 3.83. The van der Waals surface area contributed by atoms with Crippen LogP contribution in [0.15, 0.2) is 53.5 Å². The van der Waals surface area contributed by atoms with Gasteiger partial charge in [0.05, 0.1) is 35.0 Å². The zero-order valence-corrected chi connectivity index (χ0v) is 37.9. The minimum Gasteiger partial charge on any atom is -0.478 e. The number of carbonyl (C=O) groups excluding carboxylic acids is 5. The van der Waals surface area contributed by atoms with Crippen molar-refractivity contribution >= 4 is 75.2 Å². The number of anilines is 4. The lowest BCUT2D eigenvalue weighted by molar-refractivity contribution is -0.136. The summed E-state index contributed by atoms with van der Waals surface area (Å²) in [7, 11) is 1.51. The van der Waals surface area contributed by atoms with Gasteiger partial charge in [-0.3, -0.25) is 43.9 Å². The number of amides is 5. The van der Waals surface area contributed by atoms with E-state index in [1.165, 1.54) is 7.05 Å². The summed E-state index contributed by atoms with van der Waals surface area (Å²) >= 11 is 6.60. The van der Waals surface area contributed by atoms with Crippen LogP contribution in [-0.4, -0.2) is 131 Å². The van der Waals surface area contributed by atoms with Gasteiger partial charge < -0.3 is 34.5 Å². The first kappa shape index (κ1) is 43.8. The van der Waals surface area contributed by atoms with Gasteiger partial charge in [-0.05, 0) is 94.8 Å². The first-order valence-electron chi connectivity index (χ1n) is 22.8. The lowest BCUT2D eigenvalue weighted by atomic mass is 9.74. The number of rotatable bonds is 12. The van der Waals surface area contributed by atoms with Gasteiger partial charge in [0.1, 0.15) is 11.1 Å². The number of likely N-dealkylation sites (N-methyl/N-ethyl adjacent to an activating group) is 1. The van der Waals surface area contributed by atoms with Gasteiger partial charge in [-0.1, -0.05) is 11.6 Å². The van der Waals surface area contributed by atoms with Crippen LogP contribution >= 0.6 is 11.6 Å². The van der Waals surface area contributed by atoms with Crippen LogP contribution in [0.4, 0.5) is 23.1 Å². The minimum atomic E-state index is -0.977. The zero-order valence-electron chi connectivity index (χ0n) is 37.2. The van der Waals surface area contributed by atoms with Crippen LogP contribution < -0.4 is 36.0 Å². The summed E-state index contributed by atoms with van der Waals surface area (Å²) < 4.78 is 13.9. The molecule has 2 aromatic heterocycles. The maximum absolute atomic E-state index is 13.4. The van der Waals surface area contributed by atoms with Gasteiger partial charge in [0.15, 0.2) is 18.2 Å². The standard InChI is InChI=1S/C47H53ClN10O8/c1-26(2)57-36-7-4-28(16-27(36)17-38(45(57)64)65-22-40(60)49-3)51-41-35(48)21-50-46(53-41)54-13-10-31(11-14-54)66-32-18-30(19-32)56-24-47(25-56)12-15-55(23-47)29-5-6-33-34(20-29)44(63)58(43(33)62)37-8-9-39(59)52-42(37)61/h4-7,16-17,20-21,26,30-32,37H,8-15,18-19,22-25H2,1-3H3,(H,49,60)(H,50,51,53)(H,52,59,61)/t30-,32-,37?. The maximum Gasteiger partial charge on any atom is 0.293 e. The monoisotopic (exact) mass is 920 g/mol. The van der Waals surface area contributed by atoms with E-state index in [1.807, 2.05) is 38.1 Å². The molecule has 6 aliphatic rings. The highest BCUT2D eigenvalue weighted by molar-refractivity contribution is 6.33. The maximum atomic E-state index is 13.4. The zero-order chi connectivity index (χ0) is 46.0. The number of nitrogens with zero attached hydrogens (tertiary/aromatic N) is 7. The predicted molar refractivity (Wildman–Crippen MR) is 246 cm³/mol. The van der Waals surface area contributed by atoms with Crippen LogP contribution in [0, 0.1) is 5.41 Å². The van der Waals surface area contributed by atoms with E-state index >= 15 is 0 Å².